The van der Waals surface area contributed by atoms with Crippen molar-refractivity contribution in [1.82, 2.24) is 10.2 Å². The van der Waals surface area contributed by atoms with Gasteiger partial charge in [-0.25, -0.2) is 0 Å². The minimum Gasteiger partial charge on any atom is -0.314 e. The molecule has 1 N–H and O–H groups in total. The van der Waals surface area contributed by atoms with E-state index < -0.39 is 0 Å². The molecule has 0 radical (unpaired) electrons. The molecule has 1 aliphatic heterocycles. The summed E-state index contributed by atoms with van der Waals surface area (Å²) >= 11 is 0. The Morgan fingerprint density at radius 2 is 1.71 bits per heavy atom. The molecule has 1 aliphatic carbocycles. The molecule has 0 aromatic carbocycles. The molecule has 4 unspecified atom stereocenters. The normalized spacial score (nSPS) is 39.7. The van der Waals surface area contributed by atoms with Crippen LogP contribution in [0.25, 0.3) is 0 Å². The second kappa shape index (κ2) is 6.19. The maximum atomic E-state index is 3.70. The smallest absolute Gasteiger partial charge is 0.0107 e. The lowest BCUT2D eigenvalue weighted by molar-refractivity contribution is 0.186. The van der Waals surface area contributed by atoms with Gasteiger partial charge in [0.2, 0.25) is 0 Å². The van der Waals surface area contributed by atoms with Crippen molar-refractivity contribution in [1.29, 1.82) is 0 Å². The Morgan fingerprint density at radius 1 is 1.06 bits per heavy atom. The molecule has 1 saturated carbocycles. The average molecular weight is 238 g/mol. The molecule has 4 atom stereocenters. The highest BCUT2D eigenvalue weighted by Gasteiger charge is 2.31. The highest BCUT2D eigenvalue weighted by Crippen LogP contribution is 2.29. The van der Waals surface area contributed by atoms with Gasteiger partial charge >= 0.3 is 0 Å². The standard InChI is InChI=1S/C15H30N2/c1-4-16-15-8-6-5-7-14(15)11-17-9-12(2)13(3)10-17/h12-16H,4-11H2,1-3H3. The van der Waals surface area contributed by atoms with Crippen LogP contribution in [0.3, 0.4) is 0 Å². The van der Waals surface area contributed by atoms with Crippen molar-refractivity contribution < 1.29 is 0 Å². The molecular weight excluding hydrogens is 208 g/mol. The molecule has 2 rings (SSSR count). The van der Waals surface area contributed by atoms with Gasteiger partial charge < -0.3 is 10.2 Å². The molecule has 1 saturated heterocycles. The number of nitrogens with one attached hydrogen (secondary N) is 1. The molecule has 1 heterocycles. The Kier molecular flexibility index (Phi) is 4.87. The molecule has 100 valence electrons. The van der Waals surface area contributed by atoms with E-state index >= 15 is 0 Å². The SMILES string of the molecule is CCNC1CCCCC1CN1CC(C)C(C)C1. The first-order chi connectivity index (χ1) is 8.20. The van der Waals surface area contributed by atoms with E-state index in [4.69, 9.17) is 0 Å². The Hall–Kier alpha value is -0.0800. The zero-order valence-corrected chi connectivity index (χ0v) is 11.9. The van der Waals surface area contributed by atoms with E-state index in [1.165, 1.54) is 45.3 Å². The topological polar surface area (TPSA) is 15.3 Å². The molecule has 0 aromatic heterocycles. The monoisotopic (exact) mass is 238 g/mol. The summed E-state index contributed by atoms with van der Waals surface area (Å²) in [5.74, 6) is 2.70. The molecule has 17 heavy (non-hydrogen) atoms. The molecule has 0 spiro atoms. The van der Waals surface area contributed by atoms with E-state index in [1.54, 1.807) is 0 Å². The van der Waals surface area contributed by atoms with Gasteiger partial charge in [0.1, 0.15) is 0 Å². The fourth-order valence-electron chi connectivity index (χ4n) is 3.69. The van der Waals surface area contributed by atoms with Gasteiger partial charge in [0.25, 0.3) is 0 Å². The fourth-order valence-corrected chi connectivity index (χ4v) is 3.69. The Morgan fingerprint density at radius 3 is 2.35 bits per heavy atom. The van der Waals surface area contributed by atoms with Crippen LogP contribution in [0.2, 0.25) is 0 Å². The van der Waals surface area contributed by atoms with E-state index in [9.17, 15) is 0 Å². The summed E-state index contributed by atoms with van der Waals surface area (Å²) in [5, 5.41) is 3.70. The highest BCUT2D eigenvalue weighted by molar-refractivity contribution is 4.86. The van der Waals surface area contributed by atoms with Gasteiger partial charge in [-0.05, 0) is 37.1 Å². The van der Waals surface area contributed by atoms with Gasteiger partial charge in [0, 0.05) is 25.7 Å². The second-order valence-corrected chi connectivity index (χ2v) is 6.38. The summed E-state index contributed by atoms with van der Waals surface area (Å²) in [6.45, 7) is 12.2. The van der Waals surface area contributed by atoms with Crippen LogP contribution in [-0.4, -0.2) is 37.1 Å². The third-order valence-electron chi connectivity index (χ3n) is 4.93. The number of hydrogen-bond acceptors (Lipinski definition) is 2. The minimum absolute atomic E-state index is 0.792. The summed E-state index contributed by atoms with van der Waals surface area (Å²) in [6, 6.07) is 0.792. The zero-order valence-electron chi connectivity index (χ0n) is 11.9. The largest absolute Gasteiger partial charge is 0.314 e. The molecular formula is C15H30N2. The first-order valence-corrected chi connectivity index (χ1v) is 7.66. The Balaban J connectivity index is 1.83. The third kappa shape index (κ3) is 3.45. The Labute approximate surface area is 107 Å². The summed E-state index contributed by atoms with van der Waals surface area (Å²) in [7, 11) is 0. The molecule has 0 amide bonds. The van der Waals surface area contributed by atoms with E-state index in [-0.39, 0.29) is 0 Å². The number of nitrogens with zero attached hydrogens (tertiary/aromatic N) is 1. The summed E-state index contributed by atoms with van der Waals surface area (Å²) in [4.78, 5) is 2.72. The summed E-state index contributed by atoms with van der Waals surface area (Å²) < 4.78 is 0. The third-order valence-corrected chi connectivity index (χ3v) is 4.93. The number of likely N-dealkylation sites (tertiary alicyclic amines) is 1. The molecule has 2 aliphatic rings. The van der Waals surface area contributed by atoms with Crippen molar-refractivity contribution in [2.45, 2.75) is 52.5 Å². The number of rotatable bonds is 4. The van der Waals surface area contributed by atoms with Gasteiger partial charge in [0.05, 0.1) is 0 Å². The molecule has 2 fully saturated rings. The van der Waals surface area contributed by atoms with Crippen molar-refractivity contribution in [2.24, 2.45) is 17.8 Å². The van der Waals surface area contributed by atoms with Crippen molar-refractivity contribution in [2.75, 3.05) is 26.2 Å². The summed E-state index contributed by atoms with van der Waals surface area (Å²) in [6.07, 6.45) is 5.72. The van der Waals surface area contributed by atoms with Crippen LogP contribution < -0.4 is 5.32 Å². The van der Waals surface area contributed by atoms with Crippen LogP contribution in [0, 0.1) is 17.8 Å². The molecule has 0 bridgehead atoms. The lowest BCUT2D eigenvalue weighted by Crippen LogP contribution is -2.43. The van der Waals surface area contributed by atoms with Crippen LogP contribution in [0.15, 0.2) is 0 Å². The first kappa shape index (κ1) is 13.4. The van der Waals surface area contributed by atoms with E-state index in [1.807, 2.05) is 0 Å². The van der Waals surface area contributed by atoms with Gasteiger partial charge in [-0.1, -0.05) is 33.6 Å². The molecule has 0 aromatic rings. The van der Waals surface area contributed by atoms with Crippen molar-refractivity contribution in [3.8, 4) is 0 Å². The molecule has 2 nitrogen and oxygen atoms in total. The van der Waals surface area contributed by atoms with Gasteiger partial charge in [-0.2, -0.15) is 0 Å². The van der Waals surface area contributed by atoms with Gasteiger partial charge in [0.15, 0.2) is 0 Å². The van der Waals surface area contributed by atoms with Gasteiger partial charge in [-0.15, -0.1) is 0 Å². The van der Waals surface area contributed by atoms with Crippen molar-refractivity contribution in [3.63, 3.8) is 0 Å². The van der Waals surface area contributed by atoms with Crippen LogP contribution in [-0.2, 0) is 0 Å². The lowest BCUT2D eigenvalue weighted by atomic mass is 9.84. The average Bonchev–Trinajstić information content (AvgIpc) is 2.61. The minimum atomic E-state index is 0.792. The van der Waals surface area contributed by atoms with Crippen LogP contribution >= 0.6 is 0 Å². The zero-order chi connectivity index (χ0) is 12.3. The second-order valence-electron chi connectivity index (χ2n) is 6.38. The lowest BCUT2D eigenvalue weighted by Gasteiger charge is -2.35. The number of hydrogen-bond donors (Lipinski definition) is 1. The highest BCUT2D eigenvalue weighted by atomic mass is 15.2. The van der Waals surface area contributed by atoms with E-state index in [2.05, 4.69) is 31.0 Å². The predicted octanol–water partition coefficient (Wildman–Crippen LogP) is 2.74. The first-order valence-electron chi connectivity index (χ1n) is 7.66. The van der Waals surface area contributed by atoms with Gasteiger partial charge in [-0.3, -0.25) is 0 Å². The van der Waals surface area contributed by atoms with Crippen molar-refractivity contribution >= 4 is 0 Å². The van der Waals surface area contributed by atoms with Crippen LogP contribution in [0.1, 0.15) is 46.5 Å². The van der Waals surface area contributed by atoms with E-state index in [0.717, 1.165) is 30.3 Å². The maximum Gasteiger partial charge on any atom is 0.0107 e. The van der Waals surface area contributed by atoms with Crippen LogP contribution in [0.5, 0.6) is 0 Å². The Bertz CT molecular complexity index is 217. The predicted molar refractivity (Wildman–Crippen MR) is 74.2 cm³/mol. The molecule has 2 heteroatoms. The quantitative estimate of drug-likeness (QED) is 0.810. The maximum absolute atomic E-state index is 3.70. The summed E-state index contributed by atoms with van der Waals surface area (Å²) in [5.41, 5.74) is 0. The fraction of sp³-hybridized carbons (Fsp3) is 1.00. The van der Waals surface area contributed by atoms with Crippen molar-refractivity contribution in [3.05, 3.63) is 0 Å². The van der Waals surface area contributed by atoms with E-state index in [0.29, 0.717) is 0 Å². The van der Waals surface area contributed by atoms with Crippen LogP contribution in [0.4, 0.5) is 0 Å².